The van der Waals surface area contributed by atoms with E-state index in [1.807, 2.05) is 31.9 Å². The first-order valence-electron chi connectivity index (χ1n) is 7.14. The summed E-state index contributed by atoms with van der Waals surface area (Å²) in [7, 11) is 1.84. The van der Waals surface area contributed by atoms with Crippen LogP contribution in [-0.2, 0) is 0 Å². The number of hydrogen-bond donors (Lipinski definition) is 1. The molecule has 20 heavy (non-hydrogen) atoms. The van der Waals surface area contributed by atoms with Gasteiger partial charge in [0.1, 0.15) is 5.82 Å². The minimum atomic E-state index is -0.236. The smallest absolute Gasteiger partial charge is 0.146 e. The minimum absolute atomic E-state index is 0.0194. The highest BCUT2D eigenvalue weighted by Gasteiger charge is 2.20. The largest absolute Gasteiger partial charge is 0.368 e. The Bertz CT molecular complexity index is 467. The van der Waals surface area contributed by atoms with E-state index in [9.17, 15) is 4.39 Å². The number of nitriles is 1. The lowest BCUT2D eigenvalue weighted by Crippen LogP contribution is -2.31. The zero-order valence-corrected chi connectivity index (χ0v) is 12.8. The van der Waals surface area contributed by atoms with Gasteiger partial charge >= 0.3 is 0 Å². The standard InChI is InChI=1S/C16H24FN3/c1-5-11-19-13(3)14-7-6-8-15(17)16(14)20(4)12(2)9-10-18/h6-8,12-13,19H,5,9,11H2,1-4H3. The maximum absolute atomic E-state index is 14.2. The van der Waals surface area contributed by atoms with Crippen LogP contribution in [0.15, 0.2) is 18.2 Å². The molecule has 1 N–H and O–H groups in total. The van der Waals surface area contributed by atoms with Gasteiger partial charge in [-0.3, -0.25) is 0 Å². The number of nitrogens with one attached hydrogen (secondary N) is 1. The first-order chi connectivity index (χ1) is 9.52. The molecule has 2 unspecified atom stereocenters. The summed E-state index contributed by atoms with van der Waals surface area (Å²) >= 11 is 0. The molecule has 4 heteroatoms. The third-order valence-corrected chi connectivity index (χ3v) is 3.59. The highest BCUT2D eigenvalue weighted by Crippen LogP contribution is 2.30. The molecular weight excluding hydrogens is 253 g/mol. The Labute approximate surface area is 121 Å². The summed E-state index contributed by atoms with van der Waals surface area (Å²) in [6.07, 6.45) is 1.41. The lowest BCUT2D eigenvalue weighted by atomic mass is 10.0. The maximum Gasteiger partial charge on any atom is 0.146 e. The molecule has 0 aliphatic carbocycles. The van der Waals surface area contributed by atoms with E-state index in [4.69, 9.17) is 5.26 Å². The number of rotatable bonds is 7. The summed E-state index contributed by atoms with van der Waals surface area (Å²) in [4.78, 5) is 1.86. The van der Waals surface area contributed by atoms with E-state index < -0.39 is 0 Å². The fourth-order valence-corrected chi connectivity index (χ4v) is 2.21. The highest BCUT2D eigenvalue weighted by atomic mass is 19.1. The first-order valence-corrected chi connectivity index (χ1v) is 7.14. The van der Waals surface area contributed by atoms with E-state index in [-0.39, 0.29) is 17.9 Å². The van der Waals surface area contributed by atoms with Crippen molar-refractivity contribution in [3.8, 4) is 6.07 Å². The Morgan fingerprint density at radius 1 is 1.40 bits per heavy atom. The van der Waals surface area contributed by atoms with Crippen LogP contribution >= 0.6 is 0 Å². The van der Waals surface area contributed by atoms with Gasteiger partial charge in [-0.1, -0.05) is 19.1 Å². The van der Waals surface area contributed by atoms with Crippen molar-refractivity contribution in [2.45, 2.75) is 45.7 Å². The lowest BCUT2D eigenvalue weighted by Gasteiger charge is -2.30. The molecule has 0 heterocycles. The van der Waals surface area contributed by atoms with Gasteiger partial charge in [-0.05, 0) is 38.4 Å². The molecule has 1 aromatic rings. The molecule has 3 nitrogen and oxygen atoms in total. The average molecular weight is 277 g/mol. The zero-order valence-electron chi connectivity index (χ0n) is 12.8. The third kappa shape index (κ3) is 3.94. The van der Waals surface area contributed by atoms with Crippen LogP contribution in [0.2, 0.25) is 0 Å². The zero-order chi connectivity index (χ0) is 15.1. The molecule has 0 aliphatic heterocycles. The molecule has 1 aromatic carbocycles. The Kier molecular flexibility index (Phi) is 6.47. The van der Waals surface area contributed by atoms with Crippen molar-refractivity contribution >= 4 is 5.69 Å². The molecule has 0 amide bonds. The second-order valence-electron chi connectivity index (χ2n) is 5.18. The van der Waals surface area contributed by atoms with Crippen molar-refractivity contribution in [1.82, 2.24) is 5.32 Å². The van der Waals surface area contributed by atoms with Crippen LogP contribution in [0.25, 0.3) is 0 Å². The molecule has 0 fully saturated rings. The van der Waals surface area contributed by atoms with Crippen LogP contribution in [0.4, 0.5) is 10.1 Å². The van der Waals surface area contributed by atoms with Gasteiger partial charge in [-0.15, -0.1) is 0 Å². The van der Waals surface area contributed by atoms with Crippen molar-refractivity contribution in [3.63, 3.8) is 0 Å². The number of hydrogen-bond acceptors (Lipinski definition) is 3. The Morgan fingerprint density at radius 2 is 2.10 bits per heavy atom. The molecule has 0 saturated heterocycles. The van der Waals surface area contributed by atoms with E-state index in [1.165, 1.54) is 6.07 Å². The van der Waals surface area contributed by atoms with Gasteiger partial charge in [-0.2, -0.15) is 5.26 Å². The SMILES string of the molecule is CCCNC(C)c1cccc(F)c1N(C)C(C)CC#N. The molecule has 0 radical (unpaired) electrons. The topological polar surface area (TPSA) is 39.1 Å². The number of para-hydroxylation sites is 1. The average Bonchev–Trinajstić information content (AvgIpc) is 2.44. The Hall–Kier alpha value is -1.60. The van der Waals surface area contributed by atoms with Crippen LogP contribution in [0.1, 0.15) is 45.2 Å². The van der Waals surface area contributed by atoms with Crippen LogP contribution < -0.4 is 10.2 Å². The van der Waals surface area contributed by atoms with Crippen molar-refractivity contribution in [2.75, 3.05) is 18.5 Å². The number of anilines is 1. The minimum Gasteiger partial charge on any atom is -0.368 e. The Morgan fingerprint density at radius 3 is 2.70 bits per heavy atom. The van der Waals surface area contributed by atoms with Crippen molar-refractivity contribution < 1.29 is 4.39 Å². The molecule has 0 spiro atoms. The summed E-state index contributed by atoms with van der Waals surface area (Å²) < 4.78 is 14.2. The Balaban J connectivity index is 3.08. The van der Waals surface area contributed by atoms with E-state index in [0.29, 0.717) is 12.1 Å². The fraction of sp³-hybridized carbons (Fsp3) is 0.562. The fourth-order valence-electron chi connectivity index (χ4n) is 2.21. The number of benzene rings is 1. The molecule has 110 valence electrons. The van der Waals surface area contributed by atoms with E-state index in [0.717, 1.165) is 18.5 Å². The van der Waals surface area contributed by atoms with Crippen molar-refractivity contribution in [2.24, 2.45) is 0 Å². The highest BCUT2D eigenvalue weighted by molar-refractivity contribution is 5.56. The number of halogens is 1. The summed E-state index contributed by atoms with van der Waals surface area (Å²) in [6, 6.07) is 7.36. The molecule has 0 saturated carbocycles. The van der Waals surface area contributed by atoms with E-state index in [2.05, 4.69) is 18.3 Å². The van der Waals surface area contributed by atoms with Gasteiger partial charge in [-0.25, -0.2) is 4.39 Å². The summed E-state index contributed by atoms with van der Waals surface area (Å²) in [5.74, 6) is -0.236. The first kappa shape index (κ1) is 16.5. The van der Waals surface area contributed by atoms with Gasteiger partial charge in [0.15, 0.2) is 0 Å². The van der Waals surface area contributed by atoms with Gasteiger partial charge in [0, 0.05) is 19.1 Å². The van der Waals surface area contributed by atoms with Crippen LogP contribution in [0, 0.1) is 17.1 Å². The summed E-state index contributed by atoms with van der Waals surface area (Å²) in [6.45, 7) is 6.97. The van der Waals surface area contributed by atoms with Crippen LogP contribution in [0.3, 0.4) is 0 Å². The molecule has 1 rings (SSSR count). The van der Waals surface area contributed by atoms with Crippen LogP contribution in [-0.4, -0.2) is 19.6 Å². The van der Waals surface area contributed by atoms with Crippen LogP contribution in [0.5, 0.6) is 0 Å². The van der Waals surface area contributed by atoms with Crippen molar-refractivity contribution in [3.05, 3.63) is 29.6 Å². The van der Waals surface area contributed by atoms with E-state index in [1.54, 1.807) is 6.07 Å². The molecule has 0 aliphatic rings. The normalized spacial score (nSPS) is 13.6. The molecular formula is C16H24FN3. The van der Waals surface area contributed by atoms with E-state index >= 15 is 0 Å². The quantitative estimate of drug-likeness (QED) is 0.827. The van der Waals surface area contributed by atoms with Gasteiger partial charge in [0.2, 0.25) is 0 Å². The predicted molar refractivity (Wildman–Crippen MR) is 81.2 cm³/mol. The lowest BCUT2D eigenvalue weighted by molar-refractivity contribution is 0.554. The molecule has 2 atom stereocenters. The maximum atomic E-state index is 14.2. The predicted octanol–water partition coefficient (Wildman–Crippen LogP) is 3.62. The van der Waals surface area contributed by atoms with Crippen molar-refractivity contribution in [1.29, 1.82) is 5.26 Å². The van der Waals surface area contributed by atoms with Gasteiger partial charge < -0.3 is 10.2 Å². The second kappa shape index (κ2) is 7.86. The second-order valence-corrected chi connectivity index (χ2v) is 5.18. The van der Waals surface area contributed by atoms with Gasteiger partial charge in [0.25, 0.3) is 0 Å². The third-order valence-electron chi connectivity index (χ3n) is 3.59. The summed E-state index contributed by atoms with van der Waals surface area (Å²) in [5, 5.41) is 12.2. The molecule has 0 aromatic heterocycles. The monoisotopic (exact) mass is 277 g/mol. The van der Waals surface area contributed by atoms with Gasteiger partial charge in [0.05, 0.1) is 18.2 Å². The summed E-state index contributed by atoms with van der Waals surface area (Å²) in [5.41, 5.74) is 1.53. The number of nitrogens with zero attached hydrogens (tertiary/aromatic N) is 2. The molecule has 0 bridgehead atoms.